The minimum atomic E-state index is -4.43. The third kappa shape index (κ3) is 4.87. The molecule has 0 bridgehead atoms. The highest BCUT2D eigenvalue weighted by Gasteiger charge is 2.62. The molecule has 0 aromatic rings. The van der Waals surface area contributed by atoms with Gasteiger partial charge in [-0.15, -0.1) is 0 Å². The standard InChI is InChI=1S/C28H50O5S/c1-17(2)25(33-34(30,31)32)10-7-19(4)21-8-9-22-26-23(12-14-28(21,22)6)27(5)13-11-18(3)15-20(27)16-24(26)29/h17-26,29H,7-16H2,1-6H3,(H,30,31,32)/t18-,19+,20+,21+,22?,23?,24+,25+,26?,27-,28+/m0/s1. The van der Waals surface area contributed by atoms with Crippen LogP contribution in [0.1, 0.15) is 106 Å². The highest BCUT2D eigenvalue weighted by Crippen LogP contribution is 2.68. The van der Waals surface area contributed by atoms with Crippen molar-refractivity contribution >= 4 is 10.4 Å². The van der Waals surface area contributed by atoms with Crippen molar-refractivity contribution in [3.05, 3.63) is 0 Å². The van der Waals surface area contributed by atoms with Crippen LogP contribution in [0.25, 0.3) is 0 Å². The van der Waals surface area contributed by atoms with Gasteiger partial charge in [0.05, 0.1) is 12.2 Å². The van der Waals surface area contributed by atoms with Gasteiger partial charge in [-0.05, 0) is 116 Å². The van der Waals surface area contributed by atoms with Crippen molar-refractivity contribution < 1.29 is 22.3 Å². The van der Waals surface area contributed by atoms with Crippen molar-refractivity contribution in [1.82, 2.24) is 0 Å². The van der Waals surface area contributed by atoms with Crippen molar-refractivity contribution in [3.63, 3.8) is 0 Å². The fourth-order valence-corrected chi connectivity index (χ4v) is 10.3. The van der Waals surface area contributed by atoms with Crippen LogP contribution < -0.4 is 0 Å². The van der Waals surface area contributed by atoms with Crippen molar-refractivity contribution in [3.8, 4) is 0 Å². The van der Waals surface area contributed by atoms with E-state index in [0.29, 0.717) is 47.3 Å². The third-order valence-electron chi connectivity index (χ3n) is 11.6. The molecule has 6 heteroatoms. The zero-order valence-electron chi connectivity index (χ0n) is 22.4. The lowest BCUT2D eigenvalue weighted by atomic mass is 9.43. The molecule has 0 spiro atoms. The molecule has 0 aliphatic heterocycles. The van der Waals surface area contributed by atoms with Crippen LogP contribution in [0, 0.1) is 58.2 Å². The van der Waals surface area contributed by atoms with Gasteiger partial charge in [-0.2, -0.15) is 8.42 Å². The van der Waals surface area contributed by atoms with Crippen LogP contribution in [0.3, 0.4) is 0 Å². The maximum atomic E-state index is 11.5. The lowest BCUT2D eigenvalue weighted by molar-refractivity contribution is -0.168. The average Bonchev–Trinajstić information content (AvgIpc) is 3.08. The van der Waals surface area contributed by atoms with Gasteiger partial charge in [-0.3, -0.25) is 4.55 Å². The third-order valence-corrected chi connectivity index (χ3v) is 12.1. The monoisotopic (exact) mass is 498 g/mol. The molecule has 5 nitrogen and oxygen atoms in total. The molecular formula is C28H50O5S. The zero-order chi connectivity index (χ0) is 25.1. The fraction of sp³-hybridized carbons (Fsp3) is 1.00. The molecule has 0 saturated heterocycles. The summed E-state index contributed by atoms with van der Waals surface area (Å²) in [4.78, 5) is 0. The van der Waals surface area contributed by atoms with E-state index in [0.717, 1.165) is 18.8 Å². The number of aliphatic hydroxyl groups is 1. The highest BCUT2D eigenvalue weighted by atomic mass is 32.3. The quantitative estimate of drug-likeness (QED) is 0.391. The summed E-state index contributed by atoms with van der Waals surface area (Å²) in [5, 5.41) is 11.5. The first-order valence-corrected chi connectivity index (χ1v) is 15.5. The van der Waals surface area contributed by atoms with E-state index in [1.807, 2.05) is 13.8 Å². The summed E-state index contributed by atoms with van der Waals surface area (Å²) < 4.78 is 36.8. The van der Waals surface area contributed by atoms with Gasteiger partial charge < -0.3 is 5.11 Å². The maximum absolute atomic E-state index is 11.5. The maximum Gasteiger partial charge on any atom is 0.397 e. The van der Waals surface area contributed by atoms with Crippen LogP contribution >= 0.6 is 0 Å². The first-order valence-electron chi connectivity index (χ1n) is 14.1. The Balaban J connectivity index is 1.47. The SMILES string of the molecule is CC(C)[C@@H](CC[C@@H](C)[C@H]1CCC2C3C(CC[C@@]21C)[C@@]1(C)CC[C@H](C)C[C@@H]1C[C@H]3O)OS(=O)(=O)O. The number of rotatable bonds is 7. The smallest absolute Gasteiger partial charge is 0.393 e. The predicted molar refractivity (Wildman–Crippen MR) is 135 cm³/mol. The van der Waals surface area contributed by atoms with Gasteiger partial charge in [0.2, 0.25) is 0 Å². The Hall–Kier alpha value is -0.170. The number of fused-ring (bicyclic) bond motifs is 5. The van der Waals surface area contributed by atoms with Crippen LogP contribution in [0.5, 0.6) is 0 Å². The number of aliphatic hydroxyl groups excluding tert-OH is 1. The Morgan fingerprint density at radius 2 is 1.59 bits per heavy atom. The molecule has 4 aliphatic rings. The first kappa shape index (κ1) is 26.9. The molecule has 0 aromatic carbocycles. The van der Waals surface area contributed by atoms with Crippen molar-refractivity contribution in [2.45, 2.75) is 118 Å². The molecule has 2 N–H and O–H groups in total. The molecule has 0 aromatic heterocycles. The second-order valence-corrected chi connectivity index (χ2v) is 14.8. The summed E-state index contributed by atoms with van der Waals surface area (Å²) in [7, 11) is -4.43. The zero-order valence-corrected chi connectivity index (χ0v) is 23.2. The molecule has 34 heavy (non-hydrogen) atoms. The topological polar surface area (TPSA) is 83.8 Å². The van der Waals surface area contributed by atoms with Gasteiger partial charge in [0.25, 0.3) is 0 Å². The van der Waals surface area contributed by atoms with Crippen molar-refractivity contribution in [2.75, 3.05) is 0 Å². The minimum absolute atomic E-state index is 0.0285. The Labute approximate surface area is 208 Å². The molecule has 4 aliphatic carbocycles. The van der Waals surface area contributed by atoms with Gasteiger partial charge in [0.1, 0.15) is 0 Å². The summed E-state index contributed by atoms with van der Waals surface area (Å²) in [6, 6.07) is 0. The fourth-order valence-electron chi connectivity index (χ4n) is 9.69. The number of hydrogen-bond donors (Lipinski definition) is 2. The molecule has 0 heterocycles. The summed E-state index contributed by atoms with van der Waals surface area (Å²) in [5.74, 6) is 4.28. The Morgan fingerprint density at radius 1 is 0.941 bits per heavy atom. The molecule has 0 radical (unpaired) electrons. The molecule has 198 valence electrons. The van der Waals surface area contributed by atoms with Crippen LogP contribution in [0.2, 0.25) is 0 Å². The van der Waals surface area contributed by atoms with Crippen molar-refractivity contribution in [1.29, 1.82) is 0 Å². The van der Waals surface area contributed by atoms with Gasteiger partial charge in [-0.25, -0.2) is 4.18 Å². The van der Waals surface area contributed by atoms with Crippen LogP contribution in [0.15, 0.2) is 0 Å². The Morgan fingerprint density at radius 3 is 2.24 bits per heavy atom. The summed E-state index contributed by atoms with van der Waals surface area (Å²) in [6.07, 6.45) is 10.8. The summed E-state index contributed by atoms with van der Waals surface area (Å²) >= 11 is 0. The lowest BCUT2D eigenvalue weighted by Crippen LogP contribution is -2.58. The molecule has 11 atom stereocenters. The van der Waals surface area contributed by atoms with E-state index < -0.39 is 16.5 Å². The first-order chi connectivity index (χ1) is 15.8. The van der Waals surface area contributed by atoms with E-state index in [-0.39, 0.29) is 17.4 Å². The lowest BCUT2D eigenvalue weighted by Gasteiger charge is -2.62. The van der Waals surface area contributed by atoms with E-state index in [1.165, 1.54) is 44.9 Å². The summed E-state index contributed by atoms with van der Waals surface area (Å²) in [6.45, 7) is 13.7. The van der Waals surface area contributed by atoms with E-state index in [9.17, 15) is 18.1 Å². The van der Waals surface area contributed by atoms with E-state index >= 15 is 0 Å². The van der Waals surface area contributed by atoms with E-state index in [2.05, 4.69) is 27.7 Å². The molecular weight excluding hydrogens is 448 g/mol. The van der Waals surface area contributed by atoms with E-state index in [4.69, 9.17) is 4.18 Å². The summed E-state index contributed by atoms with van der Waals surface area (Å²) in [5.41, 5.74) is 0.656. The second-order valence-electron chi connectivity index (χ2n) is 13.8. The van der Waals surface area contributed by atoms with Gasteiger partial charge in [-0.1, -0.05) is 48.0 Å². The second kappa shape index (κ2) is 9.61. The van der Waals surface area contributed by atoms with Crippen LogP contribution in [-0.4, -0.2) is 30.3 Å². The Bertz CT molecular complexity index is 827. The molecule has 4 saturated carbocycles. The minimum Gasteiger partial charge on any atom is -0.393 e. The molecule has 3 unspecified atom stereocenters. The van der Waals surface area contributed by atoms with Crippen LogP contribution in [0.4, 0.5) is 0 Å². The molecule has 4 fully saturated rings. The van der Waals surface area contributed by atoms with Crippen LogP contribution in [-0.2, 0) is 14.6 Å². The highest BCUT2D eigenvalue weighted by molar-refractivity contribution is 7.80. The Kier molecular flexibility index (Phi) is 7.60. The van der Waals surface area contributed by atoms with Gasteiger partial charge >= 0.3 is 10.4 Å². The number of hydrogen-bond acceptors (Lipinski definition) is 4. The molecule has 4 rings (SSSR count). The van der Waals surface area contributed by atoms with Gasteiger partial charge in [0.15, 0.2) is 0 Å². The largest absolute Gasteiger partial charge is 0.397 e. The van der Waals surface area contributed by atoms with Gasteiger partial charge in [0, 0.05) is 0 Å². The van der Waals surface area contributed by atoms with Crippen molar-refractivity contribution in [2.24, 2.45) is 58.2 Å². The normalized spacial score (nSPS) is 46.4. The predicted octanol–water partition coefficient (Wildman–Crippen LogP) is 6.51. The average molecular weight is 499 g/mol. The molecule has 0 amide bonds. The van der Waals surface area contributed by atoms with E-state index in [1.54, 1.807) is 0 Å².